The normalized spacial score (nSPS) is 22.0. The molecule has 0 radical (unpaired) electrons. The second-order valence-corrected chi connectivity index (χ2v) is 7.47. The number of hydrogen-bond acceptors (Lipinski definition) is 5. The van der Waals surface area contributed by atoms with Gasteiger partial charge in [0.05, 0.1) is 9.82 Å². The molecule has 2 rings (SSSR count). The first-order valence-corrected chi connectivity index (χ1v) is 8.72. The number of nitro groups is 1. The monoisotopic (exact) mass is 327 g/mol. The average molecular weight is 327 g/mol. The number of rotatable bonds is 5. The van der Waals surface area contributed by atoms with Crippen LogP contribution in [-0.4, -0.2) is 25.9 Å². The molecule has 0 aromatic heterocycles. The number of nitrogens with one attached hydrogen (secondary N) is 1. The molecule has 0 heterocycles. The van der Waals surface area contributed by atoms with Gasteiger partial charge in [0.25, 0.3) is 5.69 Å². The van der Waals surface area contributed by atoms with Crippen molar-refractivity contribution in [3.05, 3.63) is 33.4 Å². The first-order valence-electron chi connectivity index (χ1n) is 7.24. The van der Waals surface area contributed by atoms with E-state index in [1.165, 1.54) is 12.1 Å². The van der Waals surface area contributed by atoms with Gasteiger partial charge in [-0.15, -0.1) is 0 Å². The zero-order valence-corrected chi connectivity index (χ0v) is 13.5. The van der Waals surface area contributed by atoms with E-state index in [4.69, 9.17) is 5.73 Å². The van der Waals surface area contributed by atoms with E-state index in [-0.39, 0.29) is 22.5 Å². The van der Waals surface area contributed by atoms with Crippen molar-refractivity contribution in [3.63, 3.8) is 0 Å². The summed E-state index contributed by atoms with van der Waals surface area (Å²) in [6, 6.07) is 2.41. The highest BCUT2D eigenvalue weighted by molar-refractivity contribution is 7.89. The van der Waals surface area contributed by atoms with E-state index in [2.05, 4.69) is 4.72 Å². The lowest BCUT2D eigenvalue weighted by Crippen LogP contribution is -2.40. The van der Waals surface area contributed by atoms with Crippen molar-refractivity contribution in [2.24, 2.45) is 11.7 Å². The maximum absolute atomic E-state index is 12.7. The van der Waals surface area contributed by atoms with Crippen molar-refractivity contribution in [2.45, 2.75) is 44.0 Å². The SMILES string of the molecule is Cc1cc([N+](=O)[O-])cc(C)c1S(=O)(=O)NC1CCCC1CN. The highest BCUT2D eigenvalue weighted by Crippen LogP contribution is 2.29. The summed E-state index contributed by atoms with van der Waals surface area (Å²) in [5.74, 6) is 0.147. The largest absolute Gasteiger partial charge is 0.330 e. The summed E-state index contributed by atoms with van der Waals surface area (Å²) >= 11 is 0. The number of hydrogen-bond donors (Lipinski definition) is 2. The molecular weight excluding hydrogens is 306 g/mol. The summed E-state index contributed by atoms with van der Waals surface area (Å²) < 4.78 is 28.0. The van der Waals surface area contributed by atoms with Crippen molar-refractivity contribution in [3.8, 4) is 0 Å². The second-order valence-electron chi connectivity index (χ2n) is 5.82. The number of nitro benzene ring substituents is 1. The molecule has 1 saturated carbocycles. The molecule has 1 aromatic rings. The van der Waals surface area contributed by atoms with Gasteiger partial charge in [-0.25, -0.2) is 13.1 Å². The summed E-state index contributed by atoms with van der Waals surface area (Å²) in [6.07, 6.45) is 2.64. The summed E-state index contributed by atoms with van der Waals surface area (Å²) in [7, 11) is -3.72. The number of nitrogens with two attached hydrogens (primary N) is 1. The third-order valence-corrected chi connectivity index (χ3v) is 5.99. The van der Waals surface area contributed by atoms with E-state index in [9.17, 15) is 18.5 Å². The number of non-ortho nitro benzene ring substituents is 1. The van der Waals surface area contributed by atoms with Crippen LogP contribution in [0, 0.1) is 29.9 Å². The lowest BCUT2D eigenvalue weighted by atomic mass is 10.1. The van der Waals surface area contributed by atoms with Crippen LogP contribution < -0.4 is 10.5 Å². The molecule has 1 aliphatic rings. The van der Waals surface area contributed by atoms with E-state index in [0.717, 1.165) is 19.3 Å². The van der Waals surface area contributed by atoms with Crippen LogP contribution in [0.3, 0.4) is 0 Å². The first kappa shape index (κ1) is 16.9. The van der Waals surface area contributed by atoms with Gasteiger partial charge < -0.3 is 5.73 Å². The molecule has 0 spiro atoms. The third-order valence-electron chi connectivity index (χ3n) is 4.19. The van der Waals surface area contributed by atoms with E-state index in [0.29, 0.717) is 17.7 Å². The van der Waals surface area contributed by atoms with Gasteiger partial charge in [-0.05, 0) is 50.3 Å². The van der Waals surface area contributed by atoms with Crippen LogP contribution in [0.15, 0.2) is 17.0 Å². The Kier molecular flexibility index (Phi) is 4.84. The molecule has 122 valence electrons. The molecule has 1 aliphatic carbocycles. The Bertz CT molecular complexity index is 664. The summed E-state index contributed by atoms with van der Waals surface area (Å²) in [4.78, 5) is 10.5. The highest BCUT2D eigenvalue weighted by Gasteiger charge is 2.32. The Labute approximate surface area is 130 Å². The Morgan fingerprint density at radius 3 is 2.41 bits per heavy atom. The minimum atomic E-state index is -3.72. The molecule has 1 fully saturated rings. The minimum absolute atomic E-state index is 0.102. The molecule has 8 heteroatoms. The van der Waals surface area contributed by atoms with Crippen LogP contribution in [0.5, 0.6) is 0 Å². The van der Waals surface area contributed by atoms with E-state index < -0.39 is 14.9 Å². The van der Waals surface area contributed by atoms with E-state index >= 15 is 0 Å². The minimum Gasteiger partial charge on any atom is -0.330 e. The zero-order valence-electron chi connectivity index (χ0n) is 12.7. The highest BCUT2D eigenvalue weighted by atomic mass is 32.2. The van der Waals surface area contributed by atoms with Crippen LogP contribution in [0.25, 0.3) is 0 Å². The molecule has 2 unspecified atom stereocenters. The quantitative estimate of drug-likeness (QED) is 0.630. The van der Waals surface area contributed by atoms with Gasteiger partial charge in [-0.2, -0.15) is 0 Å². The lowest BCUT2D eigenvalue weighted by molar-refractivity contribution is -0.385. The van der Waals surface area contributed by atoms with Crippen molar-refractivity contribution >= 4 is 15.7 Å². The Morgan fingerprint density at radius 2 is 1.91 bits per heavy atom. The Hall–Kier alpha value is -1.51. The summed E-state index contributed by atoms with van der Waals surface area (Å²) in [5, 5.41) is 10.9. The molecular formula is C14H21N3O4S. The maximum Gasteiger partial charge on any atom is 0.270 e. The van der Waals surface area contributed by atoms with Gasteiger partial charge >= 0.3 is 0 Å². The smallest absolute Gasteiger partial charge is 0.270 e. The Morgan fingerprint density at radius 1 is 1.32 bits per heavy atom. The third kappa shape index (κ3) is 3.29. The van der Waals surface area contributed by atoms with Crippen molar-refractivity contribution in [2.75, 3.05) is 6.54 Å². The van der Waals surface area contributed by atoms with Gasteiger partial charge in [-0.1, -0.05) is 6.42 Å². The first-order chi connectivity index (χ1) is 10.3. The summed E-state index contributed by atoms with van der Waals surface area (Å²) in [6.45, 7) is 3.60. The number of sulfonamides is 1. The Balaban J connectivity index is 2.35. The molecule has 7 nitrogen and oxygen atoms in total. The van der Waals surface area contributed by atoms with Gasteiger partial charge in [-0.3, -0.25) is 10.1 Å². The maximum atomic E-state index is 12.7. The fourth-order valence-corrected chi connectivity index (χ4v) is 4.98. The van der Waals surface area contributed by atoms with Crippen LogP contribution in [-0.2, 0) is 10.0 Å². The topological polar surface area (TPSA) is 115 Å². The predicted molar refractivity (Wildman–Crippen MR) is 83.1 cm³/mol. The van der Waals surface area contributed by atoms with Gasteiger partial charge in [0, 0.05) is 18.2 Å². The average Bonchev–Trinajstić information content (AvgIpc) is 2.83. The van der Waals surface area contributed by atoms with E-state index in [1.54, 1.807) is 13.8 Å². The van der Waals surface area contributed by atoms with Crippen LogP contribution >= 0.6 is 0 Å². The standard InChI is InChI=1S/C14H21N3O4S/c1-9-6-12(17(18)19)7-10(2)14(9)22(20,21)16-13-5-3-4-11(13)8-15/h6-7,11,13,16H,3-5,8,15H2,1-2H3. The predicted octanol–water partition coefficient (Wildman–Crippen LogP) is 1.62. The lowest BCUT2D eigenvalue weighted by Gasteiger charge is -2.21. The second kappa shape index (κ2) is 6.31. The number of aryl methyl sites for hydroxylation is 2. The number of benzene rings is 1. The number of nitrogens with zero attached hydrogens (tertiary/aromatic N) is 1. The van der Waals surface area contributed by atoms with Crippen LogP contribution in [0.2, 0.25) is 0 Å². The van der Waals surface area contributed by atoms with Gasteiger partial charge in [0.15, 0.2) is 0 Å². The molecule has 0 bridgehead atoms. The molecule has 22 heavy (non-hydrogen) atoms. The van der Waals surface area contributed by atoms with Gasteiger partial charge in [0.2, 0.25) is 10.0 Å². The van der Waals surface area contributed by atoms with Crippen molar-refractivity contribution in [1.29, 1.82) is 0 Å². The van der Waals surface area contributed by atoms with E-state index in [1.807, 2.05) is 0 Å². The molecule has 2 atom stereocenters. The summed E-state index contributed by atoms with van der Waals surface area (Å²) in [5.41, 5.74) is 6.34. The molecule has 0 saturated heterocycles. The zero-order chi connectivity index (χ0) is 16.5. The molecule has 0 aliphatic heterocycles. The fourth-order valence-electron chi connectivity index (χ4n) is 3.19. The van der Waals surface area contributed by atoms with Gasteiger partial charge in [0.1, 0.15) is 0 Å². The molecule has 0 amide bonds. The molecule has 1 aromatic carbocycles. The van der Waals surface area contributed by atoms with Crippen LogP contribution in [0.1, 0.15) is 30.4 Å². The van der Waals surface area contributed by atoms with Crippen molar-refractivity contribution < 1.29 is 13.3 Å². The van der Waals surface area contributed by atoms with Crippen LogP contribution in [0.4, 0.5) is 5.69 Å². The fraction of sp³-hybridized carbons (Fsp3) is 0.571. The molecule has 3 N–H and O–H groups in total. The van der Waals surface area contributed by atoms with Crippen molar-refractivity contribution in [1.82, 2.24) is 4.72 Å².